The van der Waals surface area contributed by atoms with Crippen molar-refractivity contribution < 1.29 is 0 Å². The van der Waals surface area contributed by atoms with Crippen LogP contribution in [0.1, 0.15) is 12.6 Å². The van der Waals surface area contributed by atoms with E-state index in [0.717, 1.165) is 17.1 Å². The van der Waals surface area contributed by atoms with E-state index in [0.29, 0.717) is 10.5 Å². The molecular weight excluding hydrogens is 282 g/mol. The van der Waals surface area contributed by atoms with Gasteiger partial charge in [-0.3, -0.25) is 4.40 Å². The zero-order chi connectivity index (χ0) is 12.5. The molecule has 3 unspecified atom stereocenters. The molecule has 0 aromatic carbocycles. The molecule has 0 saturated carbocycles. The molecule has 3 rings (SSSR count). The summed E-state index contributed by atoms with van der Waals surface area (Å²) in [5.41, 5.74) is 7.50. The summed E-state index contributed by atoms with van der Waals surface area (Å²) in [6.07, 6.45) is 5.05. The Morgan fingerprint density at radius 1 is 1.50 bits per heavy atom. The highest BCUT2D eigenvalue weighted by Gasteiger charge is 2.28. The van der Waals surface area contributed by atoms with E-state index in [1.165, 1.54) is 11.5 Å². The van der Waals surface area contributed by atoms with E-state index >= 15 is 0 Å². The molecule has 0 aliphatic carbocycles. The van der Waals surface area contributed by atoms with E-state index in [2.05, 4.69) is 34.1 Å². The number of fused-ring (bicyclic) bond motifs is 1. The molecule has 1 saturated heterocycles. The maximum Gasteiger partial charge on any atom is 0.193 e. The van der Waals surface area contributed by atoms with Gasteiger partial charge in [0.05, 0.1) is 5.69 Å². The number of nitrogens with zero attached hydrogens (tertiary/aromatic N) is 2. The first-order valence-electron chi connectivity index (χ1n) is 6.14. The molecule has 1 fully saturated rings. The van der Waals surface area contributed by atoms with Crippen molar-refractivity contribution in [2.45, 2.75) is 29.9 Å². The van der Waals surface area contributed by atoms with Crippen molar-refractivity contribution in [3.05, 3.63) is 23.5 Å². The molecule has 18 heavy (non-hydrogen) atoms. The Morgan fingerprint density at radius 3 is 3.11 bits per heavy atom. The molecule has 3 atom stereocenters. The minimum atomic E-state index is 0.211. The van der Waals surface area contributed by atoms with Crippen molar-refractivity contribution in [2.24, 2.45) is 5.73 Å². The van der Waals surface area contributed by atoms with Crippen molar-refractivity contribution in [1.29, 1.82) is 0 Å². The van der Waals surface area contributed by atoms with E-state index in [4.69, 9.17) is 5.73 Å². The minimum absolute atomic E-state index is 0.211. The maximum atomic E-state index is 6.38. The summed E-state index contributed by atoms with van der Waals surface area (Å²) in [6, 6.07) is 0.211. The maximum absolute atomic E-state index is 6.38. The van der Waals surface area contributed by atoms with Crippen LogP contribution in [0.15, 0.2) is 17.8 Å². The van der Waals surface area contributed by atoms with Crippen LogP contribution in [0.5, 0.6) is 0 Å². The molecule has 3 nitrogen and oxygen atoms in total. The standard InChI is InChI=1S/C12H17N3S3/c1-8-11(17-5-4-16-8)10(13)6-9-7-15-2-3-18-12(15)14-9/h2-3,7-8,10-11H,4-6,13H2,1H3. The van der Waals surface area contributed by atoms with Crippen molar-refractivity contribution in [3.63, 3.8) is 0 Å². The second-order valence-electron chi connectivity index (χ2n) is 4.60. The summed E-state index contributed by atoms with van der Waals surface area (Å²) >= 11 is 5.75. The second-order valence-corrected chi connectivity index (χ2v) is 8.25. The summed E-state index contributed by atoms with van der Waals surface area (Å²) in [6.45, 7) is 2.30. The summed E-state index contributed by atoms with van der Waals surface area (Å²) in [4.78, 5) is 5.68. The van der Waals surface area contributed by atoms with Gasteiger partial charge in [-0.15, -0.1) is 11.3 Å². The second kappa shape index (κ2) is 5.45. The number of aromatic nitrogens is 2. The minimum Gasteiger partial charge on any atom is -0.326 e. The molecule has 0 bridgehead atoms. The molecular formula is C12H17N3S3. The lowest BCUT2D eigenvalue weighted by atomic mass is 10.1. The predicted molar refractivity (Wildman–Crippen MR) is 82.9 cm³/mol. The Kier molecular flexibility index (Phi) is 3.89. The molecule has 2 aromatic heterocycles. The predicted octanol–water partition coefficient (Wildman–Crippen LogP) is 2.50. The van der Waals surface area contributed by atoms with Crippen molar-refractivity contribution in [2.75, 3.05) is 11.5 Å². The highest BCUT2D eigenvalue weighted by molar-refractivity contribution is 8.07. The van der Waals surface area contributed by atoms with E-state index in [9.17, 15) is 0 Å². The van der Waals surface area contributed by atoms with E-state index < -0.39 is 0 Å². The molecule has 0 radical (unpaired) electrons. The Balaban J connectivity index is 1.69. The topological polar surface area (TPSA) is 43.3 Å². The van der Waals surface area contributed by atoms with Gasteiger partial charge in [0.1, 0.15) is 0 Å². The number of imidazole rings is 1. The smallest absolute Gasteiger partial charge is 0.193 e. The Labute approximate surface area is 120 Å². The molecule has 1 aliphatic heterocycles. The Bertz CT molecular complexity index is 493. The third-order valence-electron chi connectivity index (χ3n) is 3.25. The normalized spacial score (nSPS) is 26.6. The SMILES string of the molecule is CC1SCCSC1C(N)Cc1cn2ccsc2n1. The molecule has 98 valence electrons. The van der Waals surface area contributed by atoms with Gasteiger partial charge in [-0.1, -0.05) is 6.92 Å². The van der Waals surface area contributed by atoms with Gasteiger partial charge in [0.25, 0.3) is 0 Å². The number of thiazole rings is 1. The van der Waals surface area contributed by atoms with Crippen LogP contribution in [0, 0.1) is 0 Å². The quantitative estimate of drug-likeness (QED) is 0.946. The van der Waals surface area contributed by atoms with E-state index in [-0.39, 0.29) is 6.04 Å². The van der Waals surface area contributed by atoms with Gasteiger partial charge in [0.15, 0.2) is 4.96 Å². The van der Waals surface area contributed by atoms with Gasteiger partial charge in [-0.25, -0.2) is 4.98 Å². The lowest BCUT2D eigenvalue weighted by Gasteiger charge is -2.32. The molecule has 3 heterocycles. The highest BCUT2D eigenvalue weighted by Crippen LogP contribution is 2.33. The largest absolute Gasteiger partial charge is 0.326 e. The summed E-state index contributed by atoms with van der Waals surface area (Å²) in [5.74, 6) is 2.49. The van der Waals surface area contributed by atoms with Crippen LogP contribution in [-0.4, -0.2) is 37.4 Å². The first-order valence-corrected chi connectivity index (χ1v) is 9.11. The lowest BCUT2D eigenvalue weighted by Crippen LogP contribution is -2.42. The van der Waals surface area contributed by atoms with Crippen LogP contribution >= 0.6 is 34.9 Å². The molecule has 0 spiro atoms. The molecule has 6 heteroatoms. The third-order valence-corrected chi connectivity index (χ3v) is 7.29. The highest BCUT2D eigenvalue weighted by atomic mass is 32.2. The van der Waals surface area contributed by atoms with Gasteiger partial charge in [0.2, 0.25) is 0 Å². The van der Waals surface area contributed by atoms with Gasteiger partial charge >= 0.3 is 0 Å². The van der Waals surface area contributed by atoms with Gasteiger partial charge in [0, 0.05) is 52.2 Å². The summed E-state index contributed by atoms with van der Waals surface area (Å²) < 4.78 is 2.08. The molecule has 1 aliphatic rings. The number of hydrogen-bond donors (Lipinski definition) is 1. The van der Waals surface area contributed by atoms with Crippen LogP contribution in [0.2, 0.25) is 0 Å². The average Bonchev–Trinajstić information content (AvgIpc) is 2.90. The van der Waals surface area contributed by atoms with Crippen molar-refractivity contribution in [3.8, 4) is 0 Å². The first kappa shape index (κ1) is 12.8. The third kappa shape index (κ3) is 2.57. The summed E-state index contributed by atoms with van der Waals surface area (Å²) in [7, 11) is 0. The zero-order valence-electron chi connectivity index (χ0n) is 10.3. The molecule has 2 aromatic rings. The average molecular weight is 299 g/mol. The fourth-order valence-corrected chi connectivity index (χ4v) is 5.96. The van der Waals surface area contributed by atoms with Crippen molar-refractivity contribution in [1.82, 2.24) is 9.38 Å². The van der Waals surface area contributed by atoms with Crippen molar-refractivity contribution >= 4 is 39.8 Å². The fourth-order valence-electron chi connectivity index (χ4n) is 2.35. The fraction of sp³-hybridized carbons (Fsp3) is 0.583. The van der Waals surface area contributed by atoms with E-state index in [1.54, 1.807) is 11.3 Å². The number of hydrogen-bond acceptors (Lipinski definition) is 5. The van der Waals surface area contributed by atoms with Gasteiger partial charge in [-0.2, -0.15) is 23.5 Å². The van der Waals surface area contributed by atoms with Crippen LogP contribution in [0.3, 0.4) is 0 Å². The number of thioether (sulfide) groups is 2. The number of nitrogens with two attached hydrogens (primary N) is 1. The summed E-state index contributed by atoms with van der Waals surface area (Å²) in [5, 5.41) is 3.27. The Hall–Kier alpha value is -0.170. The van der Waals surface area contributed by atoms with Crippen LogP contribution in [0.25, 0.3) is 4.96 Å². The van der Waals surface area contributed by atoms with Crippen LogP contribution < -0.4 is 5.73 Å². The zero-order valence-corrected chi connectivity index (χ0v) is 12.7. The van der Waals surface area contributed by atoms with Crippen LogP contribution in [0.4, 0.5) is 0 Å². The van der Waals surface area contributed by atoms with Gasteiger partial charge < -0.3 is 5.73 Å². The van der Waals surface area contributed by atoms with E-state index in [1.807, 2.05) is 23.5 Å². The molecule has 2 N–H and O–H groups in total. The first-order chi connectivity index (χ1) is 8.74. The molecule has 0 amide bonds. The lowest BCUT2D eigenvalue weighted by molar-refractivity contribution is 0.616. The monoisotopic (exact) mass is 299 g/mol. The van der Waals surface area contributed by atoms with Gasteiger partial charge in [-0.05, 0) is 0 Å². The Morgan fingerprint density at radius 2 is 2.33 bits per heavy atom. The number of rotatable bonds is 3. The van der Waals surface area contributed by atoms with Crippen LogP contribution in [-0.2, 0) is 6.42 Å².